The minimum Gasteiger partial charge on any atom is -0.507 e. The molecule has 2 aromatic carbocycles. The Labute approximate surface area is 115 Å². The molecule has 0 amide bonds. The van der Waals surface area contributed by atoms with Crippen LogP contribution >= 0.6 is 11.6 Å². The second-order valence-electron chi connectivity index (χ2n) is 3.82. The SMILES string of the molecule is COc1cccc(-c2cc(Cl)c(F)cc2O)c1OC. The molecule has 1 N–H and O–H groups in total. The van der Waals surface area contributed by atoms with Crippen LogP contribution in [0.4, 0.5) is 4.39 Å². The van der Waals surface area contributed by atoms with Gasteiger partial charge in [0.05, 0.1) is 19.2 Å². The molecule has 0 aliphatic rings. The molecule has 100 valence electrons. The summed E-state index contributed by atoms with van der Waals surface area (Å²) in [6.07, 6.45) is 0. The summed E-state index contributed by atoms with van der Waals surface area (Å²) in [6, 6.07) is 7.52. The Morgan fingerprint density at radius 1 is 1.11 bits per heavy atom. The minimum atomic E-state index is -0.676. The first kappa shape index (κ1) is 13.5. The number of benzene rings is 2. The van der Waals surface area contributed by atoms with Gasteiger partial charge in [0.2, 0.25) is 0 Å². The number of phenols is 1. The van der Waals surface area contributed by atoms with Crippen molar-refractivity contribution >= 4 is 11.6 Å². The van der Waals surface area contributed by atoms with Gasteiger partial charge in [-0.3, -0.25) is 0 Å². The molecule has 0 saturated carbocycles. The maximum absolute atomic E-state index is 13.3. The van der Waals surface area contributed by atoms with E-state index in [1.165, 1.54) is 20.3 Å². The molecular weight excluding hydrogens is 271 g/mol. The first-order valence-corrected chi connectivity index (χ1v) is 5.85. The number of hydrogen-bond acceptors (Lipinski definition) is 3. The highest BCUT2D eigenvalue weighted by Crippen LogP contribution is 2.42. The van der Waals surface area contributed by atoms with E-state index in [9.17, 15) is 9.50 Å². The Kier molecular flexibility index (Phi) is 3.81. The van der Waals surface area contributed by atoms with Crippen molar-refractivity contribution in [2.45, 2.75) is 0 Å². The Balaban J connectivity index is 2.68. The van der Waals surface area contributed by atoms with Gasteiger partial charge in [0.1, 0.15) is 11.6 Å². The molecule has 2 rings (SSSR count). The molecule has 0 unspecified atom stereocenters. The highest BCUT2D eigenvalue weighted by atomic mass is 35.5. The van der Waals surface area contributed by atoms with E-state index in [-0.39, 0.29) is 10.8 Å². The highest BCUT2D eigenvalue weighted by Gasteiger charge is 2.16. The van der Waals surface area contributed by atoms with E-state index < -0.39 is 5.82 Å². The normalized spacial score (nSPS) is 10.3. The third-order valence-electron chi connectivity index (χ3n) is 2.73. The van der Waals surface area contributed by atoms with Crippen LogP contribution in [0, 0.1) is 5.82 Å². The van der Waals surface area contributed by atoms with Crippen LogP contribution in [0.2, 0.25) is 5.02 Å². The number of hydrogen-bond donors (Lipinski definition) is 1. The predicted molar refractivity (Wildman–Crippen MR) is 71.6 cm³/mol. The van der Waals surface area contributed by atoms with Crippen molar-refractivity contribution in [3.8, 4) is 28.4 Å². The molecule has 19 heavy (non-hydrogen) atoms. The van der Waals surface area contributed by atoms with Gasteiger partial charge in [-0.05, 0) is 12.1 Å². The number of aromatic hydroxyl groups is 1. The van der Waals surface area contributed by atoms with Crippen molar-refractivity contribution in [3.63, 3.8) is 0 Å². The number of halogens is 2. The van der Waals surface area contributed by atoms with Crippen molar-refractivity contribution in [2.75, 3.05) is 14.2 Å². The van der Waals surface area contributed by atoms with Crippen molar-refractivity contribution in [1.29, 1.82) is 0 Å². The quantitative estimate of drug-likeness (QED) is 0.929. The summed E-state index contributed by atoms with van der Waals surface area (Å²) >= 11 is 5.75. The van der Waals surface area contributed by atoms with Crippen LogP contribution in [-0.4, -0.2) is 19.3 Å². The van der Waals surface area contributed by atoms with Crippen LogP contribution in [0.15, 0.2) is 30.3 Å². The Morgan fingerprint density at radius 2 is 1.84 bits per heavy atom. The number of phenolic OH excluding ortho intramolecular Hbond substituents is 1. The van der Waals surface area contributed by atoms with E-state index >= 15 is 0 Å². The fourth-order valence-electron chi connectivity index (χ4n) is 1.85. The highest BCUT2D eigenvalue weighted by molar-refractivity contribution is 6.31. The fraction of sp³-hybridized carbons (Fsp3) is 0.143. The topological polar surface area (TPSA) is 38.7 Å². The van der Waals surface area contributed by atoms with E-state index in [0.29, 0.717) is 22.6 Å². The summed E-state index contributed by atoms with van der Waals surface area (Å²) in [5, 5.41) is 9.79. The minimum absolute atomic E-state index is 0.0716. The lowest BCUT2D eigenvalue weighted by Gasteiger charge is -2.14. The van der Waals surface area contributed by atoms with Crippen LogP contribution in [0.5, 0.6) is 17.2 Å². The van der Waals surface area contributed by atoms with Gasteiger partial charge in [-0.15, -0.1) is 0 Å². The molecule has 0 aliphatic heterocycles. The first-order chi connectivity index (χ1) is 9.08. The zero-order chi connectivity index (χ0) is 14.0. The van der Waals surface area contributed by atoms with Crippen LogP contribution in [0.25, 0.3) is 11.1 Å². The van der Waals surface area contributed by atoms with Crippen LogP contribution in [0.3, 0.4) is 0 Å². The van der Waals surface area contributed by atoms with Crippen molar-refractivity contribution in [1.82, 2.24) is 0 Å². The molecule has 0 aliphatic carbocycles. The number of ether oxygens (including phenoxy) is 2. The average Bonchev–Trinajstić information content (AvgIpc) is 2.41. The van der Waals surface area contributed by atoms with Crippen LogP contribution < -0.4 is 9.47 Å². The largest absolute Gasteiger partial charge is 0.507 e. The van der Waals surface area contributed by atoms with Gasteiger partial charge >= 0.3 is 0 Å². The third-order valence-corrected chi connectivity index (χ3v) is 3.02. The Bertz CT molecular complexity index is 614. The summed E-state index contributed by atoms with van der Waals surface area (Å²) < 4.78 is 23.7. The Hall–Kier alpha value is -1.94. The van der Waals surface area contributed by atoms with Gasteiger partial charge in [-0.2, -0.15) is 0 Å². The van der Waals surface area contributed by atoms with E-state index in [4.69, 9.17) is 21.1 Å². The summed E-state index contributed by atoms with van der Waals surface area (Å²) in [4.78, 5) is 0. The predicted octanol–water partition coefficient (Wildman–Crippen LogP) is 3.87. The molecule has 0 aromatic heterocycles. The number of rotatable bonds is 3. The molecule has 0 radical (unpaired) electrons. The Morgan fingerprint density at radius 3 is 2.47 bits per heavy atom. The molecule has 2 aromatic rings. The van der Waals surface area contributed by atoms with Crippen LogP contribution in [-0.2, 0) is 0 Å². The fourth-order valence-corrected chi connectivity index (χ4v) is 2.01. The number of para-hydroxylation sites is 1. The smallest absolute Gasteiger partial charge is 0.168 e. The summed E-state index contributed by atoms with van der Waals surface area (Å²) in [5.41, 5.74) is 0.948. The molecular formula is C14H12ClFO3. The van der Waals surface area contributed by atoms with Crippen LogP contribution in [0.1, 0.15) is 0 Å². The van der Waals surface area contributed by atoms with E-state index in [2.05, 4.69) is 0 Å². The zero-order valence-electron chi connectivity index (χ0n) is 10.4. The number of methoxy groups -OCH3 is 2. The summed E-state index contributed by atoms with van der Waals surface area (Å²) in [5.74, 6) is 0.0704. The molecule has 0 fully saturated rings. The molecule has 0 atom stereocenters. The van der Waals surface area contributed by atoms with Gasteiger partial charge in [-0.1, -0.05) is 23.7 Å². The van der Waals surface area contributed by atoms with Crippen molar-refractivity contribution in [3.05, 3.63) is 41.2 Å². The van der Waals surface area contributed by atoms with Crippen molar-refractivity contribution < 1.29 is 19.0 Å². The molecule has 0 heterocycles. The van der Waals surface area contributed by atoms with E-state index in [0.717, 1.165) is 6.07 Å². The monoisotopic (exact) mass is 282 g/mol. The lowest BCUT2D eigenvalue weighted by Crippen LogP contribution is -1.93. The maximum atomic E-state index is 13.3. The third kappa shape index (κ3) is 2.44. The zero-order valence-corrected chi connectivity index (χ0v) is 11.2. The molecule has 0 saturated heterocycles. The second kappa shape index (κ2) is 5.36. The van der Waals surface area contributed by atoms with E-state index in [1.54, 1.807) is 18.2 Å². The summed E-state index contributed by atoms with van der Waals surface area (Å²) in [6.45, 7) is 0. The lowest BCUT2D eigenvalue weighted by atomic mass is 10.0. The van der Waals surface area contributed by atoms with Gasteiger partial charge in [0.25, 0.3) is 0 Å². The molecule has 0 bridgehead atoms. The maximum Gasteiger partial charge on any atom is 0.168 e. The molecule has 0 spiro atoms. The first-order valence-electron chi connectivity index (χ1n) is 5.48. The van der Waals surface area contributed by atoms with E-state index in [1.807, 2.05) is 0 Å². The molecule has 5 heteroatoms. The standard InChI is InChI=1S/C14H12ClFO3/c1-18-13-5-3-4-8(14(13)19-2)9-6-10(15)11(16)7-12(9)17/h3-7,17H,1-2H3. The molecule has 3 nitrogen and oxygen atoms in total. The lowest BCUT2D eigenvalue weighted by molar-refractivity contribution is 0.356. The van der Waals surface area contributed by atoms with Gasteiger partial charge in [0.15, 0.2) is 11.5 Å². The van der Waals surface area contributed by atoms with Gasteiger partial charge < -0.3 is 14.6 Å². The average molecular weight is 283 g/mol. The summed E-state index contributed by atoms with van der Waals surface area (Å²) in [7, 11) is 3.00. The van der Waals surface area contributed by atoms with Crippen molar-refractivity contribution in [2.24, 2.45) is 0 Å². The van der Waals surface area contributed by atoms with Gasteiger partial charge in [0, 0.05) is 17.2 Å². The second-order valence-corrected chi connectivity index (χ2v) is 4.23. The van der Waals surface area contributed by atoms with Gasteiger partial charge in [-0.25, -0.2) is 4.39 Å².